The molecule has 0 aliphatic carbocycles. The number of ether oxygens (including phenoxy) is 3. The van der Waals surface area contributed by atoms with E-state index >= 15 is 0 Å². The third-order valence-corrected chi connectivity index (χ3v) is 3.67. The van der Waals surface area contributed by atoms with Crippen LogP contribution in [0.5, 0.6) is 0 Å². The summed E-state index contributed by atoms with van der Waals surface area (Å²) in [6, 6.07) is 9.41. The molecule has 28 heavy (non-hydrogen) atoms. The van der Waals surface area contributed by atoms with Crippen molar-refractivity contribution in [1.82, 2.24) is 4.57 Å². The zero-order valence-electron chi connectivity index (χ0n) is 15.8. The van der Waals surface area contributed by atoms with Gasteiger partial charge < -0.3 is 24.1 Å². The van der Waals surface area contributed by atoms with E-state index in [1.54, 1.807) is 24.3 Å². The van der Waals surface area contributed by atoms with E-state index in [4.69, 9.17) is 14.2 Å². The third-order valence-electron chi connectivity index (χ3n) is 3.67. The summed E-state index contributed by atoms with van der Waals surface area (Å²) >= 11 is 0. The van der Waals surface area contributed by atoms with Crippen molar-refractivity contribution in [2.24, 2.45) is 0 Å². The highest BCUT2D eigenvalue weighted by molar-refractivity contribution is 6.04. The average molecular weight is 389 g/mol. The summed E-state index contributed by atoms with van der Waals surface area (Å²) < 4.78 is 16.1. The highest BCUT2D eigenvalue weighted by atomic mass is 16.6. The maximum Gasteiger partial charge on any atom is 0.411 e. The maximum atomic E-state index is 12.5. The van der Waals surface area contributed by atoms with Crippen LogP contribution in [0.3, 0.4) is 0 Å². The first-order valence-corrected chi connectivity index (χ1v) is 8.57. The topological polar surface area (TPSA) is 108 Å². The van der Waals surface area contributed by atoms with Crippen molar-refractivity contribution in [3.63, 3.8) is 0 Å². The van der Waals surface area contributed by atoms with Gasteiger partial charge >= 0.3 is 6.09 Å². The molecule has 2 aromatic rings. The Morgan fingerprint density at radius 1 is 0.964 bits per heavy atom. The van der Waals surface area contributed by atoms with E-state index in [9.17, 15) is 14.4 Å². The summed E-state index contributed by atoms with van der Waals surface area (Å²) in [6.45, 7) is 1.15. The number of amides is 2. The van der Waals surface area contributed by atoms with E-state index < -0.39 is 6.09 Å². The minimum absolute atomic E-state index is 0.136. The van der Waals surface area contributed by atoms with Crippen molar-refractivity contribution in [2.45, 2.75) is 6.54 Å². The molecule has 9 heteroatoms. The van der Waals surface area contributed by atoms with Gasteiger partial charge in [0.2, 0.25) is 0 Å². The molecule has 0 saturated carbocycles. The number of carbonyl (C=O) groups excluding carboxylic acids is 2. The summed E-state index contributed by atoms with van der Waals surface area (Å²) in [5.74, 6) is -0.383. The molecule has 0 atom stereocenters. The monoisotopic (exact) mass is 389 g/mol. The van der Waals surface area contributed by atoms with E-state index in [-0.39, 0.29) is 18.1 Å². The standard InChI is InChI=1S/C19H23N3O6/c1-26-9-8-22-13-14(6-7-17(22)23)18(24)20-15-4-3-5-16(12-15)21-19(25)28-11-10-27-2/h3-7,12-13H,8-11H2,1-2H3,(H,20,24)(H,21,25). The molecule has 0 aliphatic rings. The van der Waals surface area contributed by atoms with Crippen molar-refractivity contribution >= 4 is 23.4 Å². The summed E-state index contributed by atoms with van der Waals surface area (Å²) in [6.07, 6.45) is 0.858. The van der Waals surface area contributed by atoms with Crippen LogP contribution in [-0.2, 0) is 20.8 Å². The Morgan fingerprint density at radius 3 is 2.39 bits per heavy atom. The number of methoxy groups -OCH3 is 2. The molecule has 1 aromatic carbocycles. The largest absolute Gasteiger partial charge is 0.447 e. The molecule has 1 heterocycles. The molecule has 0 bridgehead atoms. The number of hydrogen-bond donors (Lipinski definition) is 2. The number of anilines is 2. The molecule has 0 fully saturated rings. The van der Waals surface area contributed by atoms with Gasteiger partial charge in [-0.05, 0) is 24.3 Å². The molecule has 0 radical (unpaired) electrons. The number of carbonyl (C=O) groups is 2. The van der Waals surface area contributed by atoms with E-state index in [0.717, 1.165) is 0 Å². The van der Waals surface area contributed by atoms with E-state index in [2.05, 4.69) is 10.6 Å². The molecule has 9 nitrogen and oxygen atoms in total. The SMILES string of the molecule is COCCOC(=O)Nc1cccc(NC(=O)c2ccc(=O)n(CCOC)c2)c1. The smallest absolute Gasteiger partial charge is 0.411 e. The van der Waals surface area contributed by atoms with Crippen LogP contribution in [0.25, 0.3) is 0 Å². The van der Waals surface area contributed by atoms with Gasteiger partial charge in [0.05, 0.1) is 18.8 Å². The minimum atomic E-state index is -0.620. The summed E-state index contributed by atoms with van der Waals surface area (Å²) in [5, 5.41) is 5.30. The lowest BCUT2D eigenvalue weighted by atomic mass is 10.2. The lowest BCUT2D eigenvalue weighted by Gasteiger charge is -2.10. The van der Waals surface area contributed by atoms with E-state index in [1.165, 1.54) is 37.1 Å². The Kier molecular flexibility index (Phi) is 8.19. The van der Waals surface area contributed by atoms with Crippen molar-refractivity contribution < 1.29 is 23.8 Å². The molecule has 0 unspecified atom stereocenters. The Morgan fingerprint density at radius 2 is 1.68 bits per heavy atom. The third kappa shape index (κ3) is 6.53. The van der Waals surface area contributed by atoms with Crippen molar-refractivity contribution in [2.75, 3.05) is 44.7 Å². The van der Waals surface area contributed by atoms with Gasteiger partial charge in [-0.15, -0.1) is 0 Å². The molecule has 150 valence electrons. The van der Waals surface area contributed by atoms with Gasteiger partial charge in [-0.3, -0.25) is 14.9 Å². The van der Waals surface area contributed by atoms with E-state index in [1.807, 2.05) is 0 Å². The second-order valence-electron chi connectivity index (χ2n) is 5.73. The molecule has 2 rings (SSSR count). The molecular formula is C19H23N3O6. The fourth-order valence-corrected chi connectivity index (χ4v) is 2.28. The Balaban J connectivity index is 2.02. The Hall–Kier alpha value is -3.17. The quantitative estimate of drug-likeness (QED) is 0.635. The molecule has 0 aliphatic heterocycles. The number of hydrogen-bond acceptors (Lipinski definition) is 6. The first-order valence-electron chi connectivity index (χ1n) is 8.57. The first kappa shape index (κ1) is 21.1. The lowest BCUT2D eigenvalue weighted by molar-refractivity contribution is 0.102. The highest BCUT2D eigenvalue weighted by Crippen LogP contribution is 2.16. The van der Waals surface area contributed by atoms with Gasteiger partial charge in [0.1, 0.15) is 6.61 Å². The number of aromatic nitrogens is 1. The van der Waals surface area contributed by atoms with Gasteiger partial charge in [-0.1, -0.05) is 6.07 Å². The van der Waals surface area contributed by atoms with Crippen LogP contribution in [0.15, 0.2) is 47.4 Å². The fourth-order valence-electron chi connectivity index (χ4n) is 2.28. The van der Waals surface area contributed by atoms with Crippen molar-refractivity contribution in [3.05, 3.63) is 58.5 Å². The van der Waals surface area contributed by atoms with Crippen molar-refractivity contribution in [3.8, 4) is 0 Å². The van der Waals surface area contributed by atoms with Gasteiger partial charge in [0.25, 0.3) is 11.5 Å². The second kappa shape index (κ2) is 10.9. The fraction of sp³-hybridized carbons (Fsp3) is 0.316. The van der Waals surface area contributed by atoms with Gasteiger partial charge in [-0.25, -0.2) is 4.79 Å². The lowest BCUT2D eigenvalue weighted by Crippen LogP contribution is -2.23. The molecule has 2 amide bonds. The van der Waals surface area contributed by atoms with Crippen LogP contribution in [0.4, 0.5) is 16.2 Å². The number of nitrogens with zero attached hydrogens (tertiary/aromatic N) is 1. The van der Waals surface area contributed by atoms with Crippen LogP contribution in [0.2, 0.25) is 0 Å². The van der Waals surface area contributed by atoms with Crippen LogP contribution >= 0.6 is 0 Å². The summed E-state index contributed by atoms with van der Waals surface area (Å²) in [7, 11) is 3.05. The molecule has 1 aromatic heterocycles. The van der Waals surface area contributed by atoms with E-state index in [0.29, 0.717) is 36.7 Å². The zero-order chi connectivity index (χ0) is 20.4. The molecular weight excluding hydrogens is 366 g/mol. The molecule has 0 spiro atoms. The number of pyridine rings is 1. The van der Waals surface area contributed by atoms with Crippen molar-refractivity contribution in [1.29, 1.82) is 0 Å². The number of rotatable bonds is 9. The normalized spacial score (nSPS) is 10.4. The van der Waals surface area contributed by atoms with Crippen LogP contribution < -0.4 is 16.2 Å². The van der Waals surface area contributed by atoms with Gasteiger partial charge in [0.15, 0.2) is 0 Å². The second-order valence-corrected chi connectivity index (χ2v) is 5.73. The zero-order valence-corrected chi connectivity index (χ0v) is 15.8. The molecule has 0 saturated heterocycles. The number of nitrogens with one attached hydrogen (secondary N) is 2. The highest BCUT2D eigenvalue weighted by Gasteiger charge is 2.10. The summed E-state index contributed by atoms with van der Waals surface area (Å²) in [4.78, 5) is 36.0. The maximum absolute atomic E-state index is 12.5. The Labute approximate surface area is 162 Å². The minimum Gasteiger partial charge on any atom is -0.447 e. The van der Waals surface area contributed by atoms with Crippen LogP contribution in [0, 0.1) is 0 Å². The Bertz CT molecular complexity index is 865. The summed E-state index contributed by atoms with van der Waals surface area (Å²) in [5.41, 5.74) is 1.06. The van der Waals surface area contributed by atoms with Crippen LogP contribution in [0.1, 0.15) is 10.4 Å². The van der Waals surface area contributed by atoms with Crippen LogP contribution in [-0.4, -0.2) is 50.6 Å². The molecule has 2 N–H and O–H groups in total. The van der Waals surface area contributed by atoms with Gasteiger partial charge in [-0.2, -0.15) is 0 Å². The first-order chi connectivity index (χ1) is 13.5. The average Bonchev–Trinajstić information content (AvgIpc) is 2.67. The predicted molar refractivity (Wildman–Crippen MR) is 104 cm³/mol. The van der Waals surface area contributed by atoms with Gasteiger partial charge in [0, 0.05) is 44.4 Å². The number of benzene rings is 1. The predicted octanol–water partition coefficient (Wildman–Crippen LogP) is 1.94.